The molecule has 1 aliphatic rings. The van der Waals surface area contributed by atoms with E-state index in [1.165, 1.54) is 11.5 Å². The van der Waals surface area contributed by atoms with Crippen molar-refractivity contribution in [3.8, 4) is 0 Å². The second-order valence-electron chi connectivity index (χ2n) is 9.95. The summed E-state index contributed by atoms with van der Waals surface area (Å²) in [6.07, 6.45) is 2.09. The highest BCUT2D eigenvalue weighted by Crippen LogP contribution is 2.26. The average Bonchev–Trinajstić information content (AvgIpc) is 3.25. The molecule has 186 valence electrons. The average molecular weight is 486 g/mol. The van der Waals surface area contributed by atoms with Gasteiger partial charge in [0.05, 0.1) is 5.69 Å². The van der Waals surface area contributed by atoms with Crippen molar-refractivity contribution in [3.63, 3.8) is 0 Å². The first-order valence-corrected chi connectivity index (χ1v) is 13.3. The van der Waals surface area contributed by atoms with Crippen LogP contribution in [0.15, 0.2) is 24.3 Å². The van der Waals surface area contributed by atoms with E-state index < -0.39 is 0 Å². The molecule has 0 atom stereocenters. The van der Waals surface area contributed by atoms with Crippen LogP contribution in [-0.4, -0.2) is 63.9 Å². The van der Waals surface area contributed by atoms with Crippen molar-refractivity contribution in [2.24, 2.45) is 11.8 Å². The van der Waals surface area contributed by atoms with E-state index in [1.807, 2.05) is 41.0 Å². The highest BCUT2D eigenvalue weighted by molar-refractivity contribution is 7.08. The largest absolute Gasteiger partial charge is 0.332 e. The van der Waals surface area contributed by atoms with Gasteiger partial charge in [-0.3, -0.25) is 9.59 Å². The quantitative estimate of drug-likeness (QED) is 0.603. The van der Waals surface area contributed by atoms with E-state index in [0.717, 1.165) is 43.0 Å². The molecule has 8 heteroatoms. The van der Waals surface area contributed by atoms with E-state index in [0.29, 0.717) is 49.2 Å². The van der Waals surface area contributed by atoms with E-state index in [9.17, 15) is 9.59 Å². The number of carbonyl (C=O) groups excluding carboxylic acids is 2. The Morgan fingerprint density at radius 1 is 1.03 bits per heavy atom. The maximum absolute atomic E-state index is 13.6. The summed E-state index contributed by atoms with van der Waals surface area (Å²) in [4.78, 5) is 33.8. The molecule has 2 amide bonds. The molecule has 7 nitrogen and oxygen atoms in total. The normalized spacial score (nSPS) is 16.0. The van der Waals surface area contributed by atoms with Crippen LogP contribution in [0.3, 0.4) is 0 Å². The molecule has 1 aromatic carbocycles. The van der Waals surface area contributed by atoms with Crippen LogP contribution in [0.5, 0.6) is 0 Å². The molecule has 0 N–H and O–H groups in total. The highest BCUT2D eigenvalue weighted by Gasteiger charge is 2.26. The van der Waals surface area contributed by atoms with Crippen molar-refractivity contribution < 1.29 is 9.59 Å². The molecule has 34 heavy (non-hydrogen) atoms. The van der Waals surface area contributed by atoms with Crippen molar-refractivity contribution in [1.29, 1.82) is 0 Å². The van der Waals surface area contributed by atoms with Gasteiger partial charge in [0.2, 0.25) is 5.91 Å². The van der Waals surface area contributed by atoms with E-state index in [2.05, 4.69) is 42.2 Å². The van der Waals surface area contributed by atoms with Gasteiger partial charge in [0.25, 0.3) is 5.91 Å². The number of nitrogens with zero attached hydrogens (tertiary/aromatic N) is 5. The number of aryl methyl sites for hydroxylation is 1. The number of aromatic nitrogens is 2. The highest BCUT2D eigenvalue weighted by atomic mass is 32.1. The maximum Gasteiger partial charge on any atom is 0.267 e. The number of rotatable bonds is 6. The van der Waals surface area contributed by atoms with Crippen molar-refractivity contribution in [2.45, 2.75) is 60.4 Å². The number of hydrogen-bond acceptors (Lipinski definition) is 6. The fourth-order valence-electron chi connectivity index (χ4n) is 4.48. The lowest BCUT2D eigenvalue weighted by Gasteiger charge is -2.28. The number of fused-ring (bicyclic) bond motifs is 1. The molecular weight excluding hydrogens is 446 g/mol. The standard InChI is InChI=1S/C26H39N5O2S/c1-6-22-25(34-28-27-22)26(33)30-15-14-29(17-20(4)5)12-9-13-31(24(32)16-19(2)3)23-11-8-7-10-21(23)18-30/h7-8,10-11,19-20H,6,9,12-18H2,1-5H3. The number of amides is 2. The molecule has 3 rings (SSSR count). The van der Waals surface area contributed by atoms with Crippen LogP contribution in [0.2, 0.25) is 0 Å². The third kappa shape index (κ3) is 6.85. The molecule has 0 saturated carbocycles. The zero-order valence-corrected chi connectivity index (χ0v) is 22.1. The van der Waals surface area contributed by atoms with E-state index in [4.69, 9.17) is 0 Å². The van der Waals surface area contributed by atoms with Crippen LogP contribution < -0.4 is 4.90 Å². The van der Waals surface area contributed by atoms with E-state index in [-0.39, 0.29) is 11.8 Å². The van der Waals surface area contributed by atoms with Crippen molar-refractivity contribution >= 4 is 29.0 Å². The third-order valence-corrected chi connectivity index (χ3v) is 6.82. The van der Waals surface area contributed by atoms with Crippen molar-refractivity contribution in [3.05, 3.63) is 40.4 Å². The van der Waals surface area contributed by atoms with Gasteiger partial charge in [-0.1, -0.05) is 57.3 Å². The van der Waals surface area contributed by atoms with Gasteiger partial charge in [-0.2, -0.15) is 0 Å². The minimum atomic E-state index is -0.0227. The minimum Gasteiger partial charge on any atom is -0.332 e. The summed E-state index contributed by atoms with van der Waals surface area (Å²) < 4.78 is 4.04. The van der Waals surface area contributed by atoms with Gasteiger partial charge in [0, 0.05) is 44.8 Å². The second-order valence-corrected chi connectivity index (χ2v) is 10.7. The van der Waals surface area contributed by atoms with E-state index in [1.54, 1.807) is 0 Å². The first kappa shape index (κ1) is 26.3. The Bertz CT molecular complexity index is 958. The number of para-hydroxylation sites is 1. The number of anilines is 1. The van der Waals surface area contributed by atoms with Gasteiger partial charge in [-0.15, -0.1) is 5.10 Å². The fourth-order valence-corrected chi connectivity index (χ4v) is 5.19. The summed E-state index contributed by atoms with van der Waals surface area (Å²) in [7, 11) is 0. The molecule has 1 aliphatic heterocycles. The Labute approximate surface area is 208 Å². The number of benzene rings is 1. The lowest BCUT2D eigenvalue weighted by Crippen LogP contribution is -2.40. The molecule has 0 unspecified atom stereocenters. The maximum atomic E-state index is 13.6. The monoisotopic (exact) mass is 485 g/mol. The molecule has 0 radical (unpaired) electrons. The second kappa shape index (κ2) is 12.4. The van der Waals surface area contributed by atoms with Gasteiger partial charge in [0.15, 0.2) is 0 Å². The molecule has 1 aromatic heterocycles. The topological polar surface area (TPSA) is 69.6 Å². The number of carbonyl (C=O) groups is 2. The summed E-state index contributed by atoms with van der Waals surface area (Å²) in [5.41, 5.74) is 2.67. The first-order chi connectivity index (χ1) is 16.3. The molecule has 0 saturated heterocycles. The van der Waals surface area contributed by atoms with Gasteiger partial charge in [0.1, 0.15) is 4.88 Å². The Morgan fingerprint density at radius 2 is 1.79 bits per heavy atom. The van der Waals surface area contributed by atoms with Gasteiger partial charge >= 0.3 is 0 Å². The van der Waals surface area contributed by atoms with Crippen LogP contribution >= 0.6 is 11.5 Å². The Kier molecular flexibility index (Phi) is 9.59. The summed E-state index contributed by atoms with van der Waals surface area (Å²) in [6.45, 7) is 15.0. The molecule has 2 heterocycles. The number of hydrogen-bond donors (Lipinski definition) is 0. The van der Waals surface area contributed by atoms with Crippen LogP contribution in [0, 0.1) is 11.8 Å². The van der Waals surface area contributed by atoms with Crippen LogP contribution in [0.1, 0.15) is 68.4 Å². The fraction of sp³-hybridized carbons (Fsp3) is 0.615. The molecule has 0 spiro atoms. The van der Waals surface area contributed by atoms with Crippen molar-refractivity contribution in [1.82, 2.24) is 19.4 Å². The predicted octanol–water partition coefficient (Wildman–Crippen LogP) is 4.48. The SMILES string of the molecule is CCc1nnsc1C(=O)N1CCN(CC(C)C)CCCN(C(=O)CC(C)C)c2ccccc2C1. The summed E-state index contributed by atoms with van der Waals surface area (Å²) >= 11 is 1.18. The van der Waals surface area contributed by atoms with Crippen LogP contribution in [0.4, 0.5) is 5.69 Å². The van der Waals surface area contributed by atoms with E-state index >= 15 is 0 Å². The smallest absolute Gasteiger partial charge is 0.267 e. The summed E-state index contributed by atoms with van der Waals surface area (Å²) in [5, 5.41) is 4.16. The molecular formula is C26H39N5O2S. The molecule has 0 aliphatic carbocycles. The Balaban J connectivity index is 1.98. The zero-order chi connectivity index (χ0) is 24.7. The third-order valence-electron chi connectivity index (χ3n) is 6.07. The predicted molar refractivity (Wildman–Crippen MR) is 138 cm³/mol. The lowest BCUT2D eigenvalue weighted by molar-refractivity contribution is -0.119. The Morgan fingerprint density at radius 3 is 2.50 bits per heavy atom. The van der Waals surface area contributed by atoms with Gasteiger partial charge < -0.3 is 14.7 Å². The molecule has 0 bridgehead atoms. The zero-order valence-electron chi connectivity index (χ0n) is 21.3. The van der Waals surface area contributed by atoms with Gasteiger partial charge in [-0.25, -0.2) is 0 Å². The first-order valence-electron chi connectivity index (χ1n) is 12.5. The summed E-state index contributed by atoms with van der Waals surface area (Å²) in [5.74, 6) is 0.947. The van der Waals surface area contributed by atoms with Crippen LogP contribution in [0.25, 0.3) is 0 Å². The molecule has 2 aromatic rings. The van der Waals surface area contributed by atoms with Crippen LogP contribution in [-0.2, 0) is 17.8 Å². The van der Waals surface area contributed by atoms with Crippen molar-refractivity contribution in [2.75, 3.05) is 37.6 Å². The lowest BCUT2D eigenvalue weighted by atomic mass is 10.1. The van der Waals surface area contributed by atoms with Gasteiger partial charge in [-0.05, 0) is 54.4 Å². The Hall–Kier alpha value is -2.32. The minimum absolute atomic E-state index is 0.0227. The summed E-state index contributed by atoms with van der Waals surface area (Å²) in [6, 6.07) is 8.03. The molecule has 0 fully saturated rings.